The Hall–Kier alpha value is -4.45. The lowest BCUT2D eigenvalue weighted by atomic mass is 9.86. The van der Waals surface area contributed by atoms with Crippen molar-refractivity contribution in [3.8, 4) is 6.07 Å². The molecule has 2 aromatic heterocycles. The number of aromatic nitrogens is 3. The van der Waals surface area contributed by atoms with Gasteiger partial charge in [0.05, 0.1) is 25.1 Å². The van der Waals surface area contributed by atoms with Crippen molar-refractivity contribution < 1.29 is 47.6 Å². The first-order valence-corrected chi connectivity index (χ1v) is 12.8. The second-order valence-electron chi connectivity index (χ2n) is 10.9. The van der Waals surface area contributed by atoms with Gasteiger partial charge in [0.2, 0.25) is 11.2 Å². The van der Waals surface area contributed by atoms with Crippen LogP contribution in [0.4, 0.5) is 10.6 Å². The van der Waals surface area contributed by atoms with Crippen LogP contribution in [0.5, 0.6) is 0 Å². The van der Waals surface area contributed by atoms with Gasteiger partial charge in [0.15, 0.2) is 18.0 Å². The van der Waals surface area contributed by atoms with Crippen molar-refractivity contribution in [3.63, 3.8) is 0 Å². The van der Waals surface area contributed by atoms with Crippen LogP contribution in [-0.4, -0.2) is 75.8 Å². The lowest BCUT2D eigenvalue weighted by Gasteiger charge is -2.28. The monoisotopic (exact) mass is 573 g/mol. The van der Waals surface area contributed by atoms with E-state index in [1.165, 1.54) is 30.8 Å². The molecule has 4 heterocycles. The summed E-state index contributed by atoms with van der Waals surface area (Å²) in [6.45, 7) is 7.12. The molecule has 41 heavy (non-hydrogen) atoms. The summed E-state index contributed by atoms with van der Waals surface area (Å²) in [5.74, 6) is -2.05. The Morgan fingerprint density at radius 1 is 1.20 bits per heavy atom. The molecule has 2 saturated heterocycles. The van der Waals surface area contributed by atoms with Crippen molar-refractivity contribution in [2.45, 2.75) is 77.0 Å². The Bertz CT molecular complexity index is 1410. The minimum absolute atomic E-state index is 0.0712. The first-order valence-electron chi connectivity index (χ1n) is 12.8. The lowest BCUT2D eigenvalue weighted by molar-refractivity contribution is -0.167. The predicted octanol–water partition coefficient (Wildman–Crippen LogP) is 1.57. The Morgan fingerprint density at radius 3 is 2.54 bits per heavy atom. The van der Waals surface area contributed by atoms with Crippen LogP contribution in [0.1, 0.15) is 53.2 Å². The standard InChI is InChI=1S/C26H31N5O10/c1-6-36-22(34)25(4,5)41-23(35)37-11-15-19-20(39-18(33)10-24(2,3)9-17(32)38-19)26(12-27,40-15)16-8-7-14-21(28)29-13-30-31(14)16/h7-8,13,15,19-20H,6,9-11H2,1-5H3,(H2,28,29,30)/t15-,19-,20-,26+/m1/s1. The lowest BCUT2D eigenvalue weighted by Crippen LogP contribution is -2.46. The first-order chi connectivity index (χ1) is 19.2. The maximum atomic E-state index is 13.0. The van der Waals surface area contributed by atoms with E-state index in [1.54, 1.807) is 26.8 Å². The highest BCUT2D eigenvalue weighted by molar-refractivity contribution is 5.81. The van der Waals surface area contributed by atoms with Crippen LogP contribution in [0.3, 0.4) is 0 Å². The first kappa shape index (κ1) is 29.5. The molecule has 2 aliphatic heterocycles. The number of nitrogen functional groups attached to an aromatic ring is 1. The minimum Gasteiger partial charge on any atom is -0.463 e. The number of anilines is 1. The number of ether oxygens (including phenoxy) is 6. The van der Waals surface area contributed by atoms with Crippen LogP contribution in [0.25, 0.3) is 5.52 Å². The second kappa shape index (κ2) is 10.8. The molecule has 4 atom stereocenters. The summed E-state index contributed by atoms with van der Waals surface area (Å²) in [6, 6.07) is 5.10. The van der Waals surface area contributed by atoms with Gasteiger partial charge in [0, 0.05) is 0 Å². The van der Waals surface area contributed by atoms with E-state index in [2.05, 4.69) is 16.2 Å². The highest BCUT2D eigenvalue weighted by Crippen LogP contribution is 2.45. The van der Waals surface area contributed by atoms with Gasteiger partial charge >= 0.3 is 24.1 Å². The Morgan fingerprint density at radius 2 is 1.88 bits per heavy atom. The molecule has 2 aliphatic rings. The maximum Gasteiger partial charge on any atom is 0.509 e. The maximum absolute atomic E-state index is 13.0. The molecule has 0 radical (unpaired) electrons. The average molecular weight is 574 g/mol. The largest absolute Gasteiger partial charge is 0.509 e. The molecule has 0 unspecified atom stereocenters. The topological polar surface area (TPSA) is 204 Å². The highest BCUT2D eigenvalue weighted by Gasteiger charge is 2.63. The van der Waals surface area contributed by atoms with Crippen molar-refractivity contribution in [2.75, 3.05) is 18.9 Å². The van der Waals surface area contributed by atoms with E-state index in [0.717, 1.165) is 0 Å². The third-order valence-electron chi connectivity index (χ3n) is 6.67. The fourth-order valence-corrected chi connectivity index (χ4v) is 4.76. The van der Waals surface area contributed by atoms with Crippen LogP contribution in [0.15, 0.2) is 18.5 Å². The van der Waals surface area contributed by atoms with Gasteiger partial charge in [-0.25, -0.2) is 19.1 Å². The summed E-state index contributed by atoms with van der Waals surface area (Å²) in [5.41, 5.74) is 1.86. The van der Waals surface area contributed by atoms with Gasteiger partial charge in [0.25, 0.3) is 0 Å². The Kier molecular flexibility index (Phi) is 7.81. The molecular formula is C26H31N5O10. The number of hydrogen-bond acceptors (Lipinski definition) is 14. The zero-order valence-corrected chi connectivity index (χ0v) is 23.2. The van der Waals surface area contributed by atoms with Crippen LogP contribution < -0.4 is 5.73 Å². The summed E-state index contributed by atoms with van der Waals surface area (Å²) >= 11 is 0. The predicted molar refractivity (Wildman–Crippen MR) is 135 cm³/mol. The summed E-state index contributed by atoms with van der Waals surface area (Å²) in [6.07, 6.45) is -4.54. The number of nitrogens with two attached hydrogens (primary N) is 1. The van der Waals surface area contributed by atoms with E-state index in [4.69, 9.17) is 34.2 Å². The molecule has 15 nitrogen and oxygen atoms in total. The van der Waals surface area contributed by atoms with Crippen molar-refractivity contribution in [2.24, 2.45) is 5.41 Å². The van der Waals surface area contributed by atoms with Crippen molar-refractivity contribution in [1.82, 2.24) is 14.6 Å². The molecule has 0 aliphatic carbocycles. The Labute approximate surface area is 234 Å². The van der Waals surface area contributed by atoms with Crippen LogP contribution in [0, 0.1) is 16.7 Å². The molecule has 2 aromatic rings. The molecular weight excluding hydrogens is 542 g/mol. The smallest absolute Gasteiger partial charge is 0.463 e. The number of esters is 3. The number of hydrogen-bond donors (Lipinski definition) is 1. The highest BCUT2D eigenvalue weighted by atomic mass is 16.7. The minimum atomic E-state index is -2.08. The number of rotatable bonds is 6. The molecule has 4 rings (SSSR count). The fourth-order valence-electron chi connectivity index (χ4n) is 4.76. The summed E-state index contributed by atoms with van der Waals surface area (Å²) in [7, 11) is 0. The second-order valence-corrected chi connectivity index (χ2v) is 10.9. The number of fused-ring (bicyclic) bond motifs is 2. The van der Waals surface area contributed by atoms with Gasteiger partial charge in [-0.2, -0.15) is 10.4 Å². The molecule has 2 fully saturated rings. The summed E-state index contributed by atoms with van der Waals surface area (Å²) in [5, 5.41) is 14.7. The van der Waals surface area contributed by atoms with E-state index in [0.29, 0.717) is 5.52 Å². The zero-order valence-electron chi connectivity index (χ0n) is 23.2. The molecule has 0 spiro atoms. The van der Waals surface area contributed by atoms with Gasteiger partial charge in [0.1, 0.15) is 30.6 Å². The van der Waals surface area contributed by atoms with Gasteiger partial charge in [-0.05, 0) is 38.3 Å². The normalized spacial score (nSPS) is 25.9. The molecule has 0 aromatic carbocycles. The van der Waals surface area contributed by atoms with E-state index < -0.39 is 65.6 Å². The van der Waals surface area contributed by atoms with E-state index in [9.17, 15) is 24.4 Å². The number of nitriles is 1. The number of carbonyl (C=O) groups excluding carboxylic acids is 4. The molecule has 0 saturated carbocycles. The van der Waals surface area contributed by atoms with Crippen molar-refractivity contribution in [1.29, 1.82) is 5.26 Å². The molecule has 15 heteroatoms. The van der Waals surface area contributed by atoms with Gasteiger partial charge in [-0.1, -0.05) is 13.8 Å². The Balaban J connectivity index is 1.71. The molecule has 0 bridgehead atoms. The summed E-state index contributed by atoms with van der Waals surface area (Å²) in [4.78, 5) is 54.6. The van der Waals surface area contributed by atoms with Crippen LogP contribution >= 0.6 is 0 Å². The fraction of sp³-hybridized carbons (Fsp3) is 0.577. The quantitative estimate of drug-likeness (QED) is 0.385. The zero-order chi connectivity index (χ0) is 30.2. The molecule has 2 N–H and O–H groups in total. The van der Waals surface area contributed by atoms with E-state index in [-0.39, 0.29) is 31.0 Å². The average Bonchev–Trinajstić information content (AvgIpc) is 3.43. The van der Waals surface area contributed by atoms with Gasteiger partial charge < -0.3 is 34.2 Å². The van der Waals surface area contributed by atoms with Gasteiger partial charge in [-0.3, -0.25) is 9.59 Å². The van der Waals surface area contributed by atoms with Crippen LogP contribution in [0.2, 0.25) is 0 Å². The van der Waals surface area contributed by atoms with E-state index >= 15 is 0 Å². The van der Waals surface area contributed by atoms with E-state index in [1.807, 2.05) is 0 Å². The SMILES string of the molecule is CCOC(=O)C(C)(C)OC(=O)OC[C@H]1O[C@@](C#N)(c2ccc3c(N)ncnn23)[C@@H]2OC(=O)CC(C)(C)CC(=O)O[C@@H]21. The van der Waals surface area contributed by atoms with Crippen LogP contribution in [-0.2, 0) is 48.4 Å². The van der Waals surface area contributed by atoms with Crippen molar-refractivity contribution in [3.05, 3.63) is 24.2 Å². The third-order valence-corrected chi connectivity index (χ3v) is 6.67. The molecule has 0 amide bonds. The van der Waals surface area contributed by atoms with Crippen molar-refractivity contribution >= 4 is 35.4 Å². The number of nitrogens with zero attached hydrogens (tertiary/aromatic N) is 4. The van der Waals surface area contributed by atoms with Gasteiger partial charge in [-0.15, -0.1) is 0 Å². The summed E-state index contributed by atoms with van der Waals surface area (Å²) < 4.78 is 34.2. The molecule has 220 valence electrons. The third kappa shape index (κ3) is 5.73. The number of carbonyl (C=O) groups is 4.